The van der Waals surface area contributed by atoms with E-state index < -0.39 is 0 Å². The Hall–Kier alpha value is -2.82. The Morgan fingerprint density at radius 3 is 2.72 bits per heavy atom. The fourth-order valence-corrected chi connectivity index (χ4v) is 3.12. The molecule has 1 atom stereocenters. The zero-order valence-electron chi connectivity index (χ0n) is 14.4. The molecule has 1 aliphatic carbocycles. The number of imidazole rings is 1. The highest BCUT2D eigenvalue weighted by molar-refractivity contribution is 5.93. The first-order valence-corrected chi connectivity index (χ1v) is 8.54. The molecule has 0 radical (unpaired) electrons. The SMILES string of the molecule is COc1ccc([C@@H](NC(=O)c2cn3ccc(C)cc3n2)C2CC2)cc1. The first-order chi connectivity index (χ1) is 12.1. The number of aromatic nitrogens is 2. The Morgan fingerprint density at radius 1 is 1.28 bits per heavy atom. The summed E-state index contributed by atoms with van der Waals surface area (Å²) in [7, 11) is 1.65. The first kappa shape index (κ1) is 15.7. The van der Waals surface area contributed by atoms with Gasteiger partial charge in [-0.2, -0.15) is 0 Å². The third-order valence-corrected chi connectivity index (χ3v) is 4.70. The van der Waals surface area contributed by atoms with Gasteiger partial charge < -0.3 is 14.5 Å². The average molecular weight is 335 g/mol. The molecule has 3 aromatic rings. The molecule has 25 heavy (non-hydrogen) atoms. The van der Waals surface area contributed by atoms with Gasteiger partial charge in [0.2, 0.25) is 0 Å². The van der Waals surface area contributed by atoms with Gasteiger partial charge in [-0.05, 0) is 61.1 Å². The molecular formula is C20H21N3O2. The largest absolute Gasteiger partial charge is 0.497 e. The van der Waals surface area contributed by atoms with Crippen LogP contribution < -0.4 is 10.1 Å². The summed E-state index contributed by atoms with van der Waals surface area (Å²) in [6, 6.07) is 11.9. The predicted molar refractivity (Wildman–Crippen MR) is 95.9 cm³/mol. The molecule has 0 unspecified atom stereocenters. The van der Waals surface area contributed by atoms with Gasteiger partial charge in [-0.25, -0.2) is 4.98 Å². The number of pyridine rings is 1. The van der Waals surface area contributed by atoms with Crippen molar-refractivity contribution < 1.29 is 9.53 Å². The summed E-state index contributed by atoms with van der Waals surface area (Å²) in [5, 5.41) is 3.17. The summed E-state index contributed by atoms with van der Waals surface area (Å²) in [5.41, 5.74) is 3.47. The molecule has 128 valence electrons. The van der Waals surface area contributed by atoms with Gasteiger partial charge in [-0.1, -0.05) is 12.1 Å². The lowest BCUT2D eigenvalue weighted by molar-refractivity contribution is 0.0927. The van der Waals surface area contributed by atoms with Crippen LogP contribution in [-0.2, 0) is 0 Å². The van der Waals surface area contributed by atoms with Crippen LogP contribution in [-0.4, -0.2) is 22.4 Å². The molecule has 1 N–H and O–H groups in total. The van der Waals surface area contributed by atoms with E-state index in [1.165, 1.54) is 0 Å². The van der Waals surface area contributed by atoms with E-state index in [-0.39, 0.29) is 11.9 Å². The minimum absolute atomic E-state index is 0.0185. The summed E-state index contributed by atoms with van der Waals surface area (Å²) < 4.78 is 7.10. The smallest absolute Gasteiger partial charge is 0.271 e. The maximum absolute atomic E-state index is 12.7. The normalized spacial score (nSPS) is 15.1. The van der Waals surface area contributed by atoms with Crippen LogP contribution in [0.25, 0.3) is 5.65 Å². The van der Waals surface area contributed by atoms with Crippen LogP contribution in [0.4, 0.5) is 0 Å². The topological polar surface area (TPSA) is 55.6 Å². The molecule has 1 aromatic carbocycles. The number of aryl methyl sites for hydroxylation is 1. The number of ether oxygens (including phenoxy) is 1. The van der Waals surface area contributed by atoms with Gasteiger partial charge in [0.05, 0.1) is 13.2 Å². The second kappa shape index (κ2) is 6.24. The molecule has 1 amide bonds. The third-order valence-electron chi connectivity index (χ3n) is 4.70. The number of fused-ring (bicyclic) bond motifs is 1. The van der Waals surface area contributed by atoms with E-state index in [0.29, 0.717) is 11.6 Å². The summed E-state index contributed by atoms with van der Waals surface area (Å²) in [6.45, 7) is 2.02. The van der Waals surface area contributed by atoms with E-state index in [1.807, 2.05) is 53.9 Å². The monoisotopic (exact) mass is 335 g/mol. The van der Waals surface area contributed by atoms with Crippen molar-refractivity contribution in [2.24, 2.45) is 5.92 Å². The number of methoxy groups -OCH3 is 1. The molecule has 2 aromatic heterocycles. The zero-order chi connectivity index (χ0) is 17.4. The van der Waals surface area contributed by atoms with Crippen molar-refractivity contribution in [3.63, 3.8) is 0 Å². The van der Waals surface area contributed by atoms with E-state index in [1.54, 1.807) is 13.3 Å². The van der Waals surface area contributed by atoms with Crippen molar-refractivity contribution in [3.05, 3.63) is 65.6 Å². The number of nitrogens with zero attached hydrogens (tertiary/aromatic N) is 2. The lowest BCUT2D eigenvalue weighted by Gasteiger charge is -2.18. The minimum Gasteiger partial charge on any atom is -0.497 e. The van der Waals surface area contributed by atoms with Gasteiger partial charge in [-0.15, -0.1) is 0 Å². The number of hydrogen-bond acceptors (Lipinski definition) is 3. The fraction of sp³-hybridized carbons (Fsp3) is 0.300. The minimum atomic E-state index is -0.130. The maximum atomic E-state index is 12.7. The van der Waals surface area contributed by atoms with E-state index in [9.17, 15) is 4.79 Å². The highest BCUT2D eigenvalue weighted by Gasteiger charge is 2.34. The Kier molecular flexibility index (Phi) is 3.92. The summed E-state index contributed by atoms with van der Waals surface area (Å²) in [5.74, 6) is 1.19. The highest BCUT2D eigenvalue weighted by atomic mass is 16.5. The van der Waals surface area contributed by atoms with Crippen LogP contribution in [0.3, 0.4) is 0 Å². The number of rotatable bonds is 5. The van der Waals surface area contributed by atoms with Gasteiger partial charge >= 0.3 is 0 Å². The van der Waals surface area contributed by atoms with Crippen molar-refractivity contribution >= 4 is 11.6 Å². The number of carbonyl (C=O) groups excluding carboxylic acids is 1. The summed E-state index contributed by atoms with van der Waals surface area (Å²) in [4.78, 5) is 17.2. The number of benzene rings is 1. The summed E-state index contributed by atoms with van der Waals surface area (Å²) >= 11 is 0. The van der Waals surface area contributed by atoms with Crippen LogP contribution in [0.1, 0.15) is 40.5 Å². The van der Waals surface area contributed by atoms with Crippen molar-refractivity contribution in [2.75, 3.05) is 7.11 Å². The number of amides is 1. The van der Waals surface area contributed by atoms with Crippen molar-refractivity contribution in [1.82, 2.24) is 14.7 Å². The Labute approximate surface area is 146 Å². The first-order valence-electron chi connectivity index (χ1n) is 8.54. The van der Waals surface area contributed by atoms with Gasteiger partial charge in [0.1, 0.15) is 17.1 Å². The highest BCUT2D eigenvalue weighted by Crippen LogP contribution is 2.41. The Morgan fingerprint density at radius 2 is 2.04 bits per heavy atom. The lowest BCUT2D eigenvalue weighted by Crippen LogP contribution is -2.30. The molecule has 1 saturated carbocycles. The van der Waals surface area contributed by atoms with Crippen LogP contribution in [0.2, 0.25) is 0 Å². The van der Waals surface area contributed by atoms with E-state index in [2.05, 4.69) is 10.3 Å². The molecule has 0 spiro atoms. The molecular weight excluding hydrogens is 314 g/mol. The molecule has 5 nitrogen and oxygen atoms in total. The van der Waals surface area contributed by atoms with Crippen molar-refractivity contribution in [3.8, 4) is 5.75 Å². The standard InChI is InChI=1S/C20H21N3O2/c1-13-9-10-23-12-17(21-18(23)11-13)20(24)22-19(14-3-4-14)15-5-7-16(25-2)8-6-15/h5-12,14,19H,3-4H2,1-2H3,(H,22,24)/t19-/m0/s1. The van der Waals surface area contributed by atoms with Crippen molar-refractivity contribution in [2.45, 2.75) is 25.8 Å². The van der Waals surface area contributed by atoms with Crippen LogP contribution in [0, 0.1) is 12.8 Å². The van der Waals surface area contributed by atoms with Gasteiger partial charge in [0, 0.05) is 12.4 Å². The van der Waals surface area contributed by atoms with E-state index in [4.69, 9.17) is 4.74 Å². The molecule has 1 aliphatic rings. The average Bonchev–Trinajstić information content (AvgIpc) is 3.38. The predicted octanol–water partition coefficient (Wildman–Crippen LogP) is 3.53. The molecule has 2 heterocycles. The van der Waals surface area contributed by atoms with E-state index >= 15 is 0 Å². The Balaban J connectivity index is 1.57. The molecule has 0 bridgehead atoms. The quantitative estimate of drug-likeness (QED) is 0.776. The molecule has 0 saturated heterocycles. The van der Waals surface area contributed by atoms with Gasteiger partial charge in [0.15, 0.2) is 0 Å². The maximum Gasteiger partial charge on any atom is 0.271 e. The second-order valence-corrected chi connectivity index (χ2v) is 6.66. The molecule has 0 aliphatic heterocycles. The number of carbonyl (C=O) groups is 1. The zero-order valence-corrected chi connectivity index (χ0v) is 14.4. The van der Waals surface area contributed by atoms with Crippen LogP contribution in [0.5, 0.6) is 5.75 Å². The third kappa shape index (κ3) is 3.22. The molecule has 4 rings (SSSR count). The van der Waals surface area contributed by atoms with Gasteiger partial charge in [0.25, 0.3) is 5.91 Å². The number of hydrogen-bond donors (Lipinski definition) is 1. The van der Waals surface area contributed by atoms with Crippen LogP contribution >= 0.6 is 0 Å². The lowest BCUT2D eigenvalue weighted by atomic mass is 10.0. The van der Waals surface area contributed by atoms with Crippen molar-refractivity contribution in [1.29, 1.82) is 0 Å². The molecule has 5 heteroatoms. The van der Waals surface area contributed by atoms with Crippen LogP contribution in [0.15, 0.2) is 48.8 Å². The second-order valence-electron chi connectivity index (χ2n) is 6.66. The van der Waals surface area contributed by atoms with E-state index in [0.717, 1.165) is 35.4 Å². The number of nitrogens with one attached hydrogen (secondary N) is 1. The molecule has 1 fully saturated rings. The van der Waals surface area contributed by atoms with Gasteiger partial charge in [-0.3, -0.25) is 4.79 Å². The fourth-order valence-electron chi connectivity index (χ4n) is 3.12. The Bertz CT molecular complexity index is 910. The summed E-state index contributed by atoms with van der Waals surface area (Å²) in [6.07, 6.45) is 5.99.